The normalized spacial score (nSPS) is 11.3. The van der Waals surface area contributed by atoms with Gasteiger partial charge in [0.15, 0.2) is 0 Å². The number of para-hydroxylation sites is 2. The number of aryl methyl sites for hydroxylation is 2. The Morgan fingerprint density at radius 2 is 1.02 bits per heavy atom. The van der Waals surface area contributed by atoms with E-state index in [1.165, 1.54) is 33.6 Å². The standard InChI is InChI=1S/C38H36N4S.Pt/c1-25(2)33-17-10-18-34(26(3)4)38(33)42-22-36(40-24-42)30-14-9-16-32(20-30)43-31-15-8-13-29(19-31)35-21-41(23-39-35)37-27(5)11-7-12-28(37)6;/h7-18,21-26H,1-6H3;/q-2;+2. The molecular weight excluding hydrogens is 740 g/mol. The molecule has 0 aliphatic carbocycles. The third-order valence-corrected chi connectivity index (χ3v) is 8.69. The van der Waals surface area contributed by atoms with Gasteiger partial charge in [-0.2, -0.15) is 0 Å². The number of hydrogen-bond acceptors (Lipinski definition) is 3. The summed E-state index contributed by atoms with van der Waals surface area (Å²) in [5.74, 6) is 0.830. The van der Waals surface area contributed by atoms with Gasteiger partial charge >= 0.3 is 21.1 Å². The molecule has 0 saturated carbocycles. The zero-order valence-corrected chi connectivity index (χ0v) is 29.0. The Balaban J connectivity index is 0.00000384. The topological polar surface area (TPSA) is 35.6 Å². The first-order valence-electron chi connectivity index (χ1n) is 14.8. The molecule has 6 aromatic rings. The van der Waals surface area contributed by atoms with E-state index in [-0.39, 0.29) is 21.1 Å². The minimum Gasteiger partial charge on any atom is -0.315 e. The van der Waals surface area contributed by atoms with Crippen LogP contribution in [-0.2, 0) is 21.1 Å². The molecule has 6 rings (SSSR count). The Morgan fingerprint density at radius 3 is 1.50 bits per heavy atom. The maximum absolute atomic E-state index is 4.81. The van der Waals surface area contributed by atoms with E-state index in [1.807, 2.05) is 12.7 Å². The molecule has 2 heterocycles. The summed E-state index contributed by atoms with van der Waals surface area (Å²) in [6.45, 7) is 13.3. The molecule has 2 aromatic heterocycles. The first kappa shape index (κ1) is 31.8. The molecule has 0 N–H and O–H groups in total. The molecule has 44 heavy (non-hydrogen) atoms. The predicted molar refractivity (Wildman–Crippen MR) is 177 cm³/mol. The maximum atomic E-state index is 4.81. The quantitative estimate of drug-likeness (QED) is 0.145. The number of aromatic nitrogens is 4. The van der Waals surface area contributed by atoms with Gasteiger partial charge in [-0.15, -0.1) is 71.4 Å². The van der Waals surface area contributed by atoms with Crippen LogP contribution < -0.4 is 0 Å². The van der Waals surface area contributed by atoms with E-state index in [1.54, 1.807) is 11.8 Å². The number of rotatable bonds is 8. The number of benzene rings is 4. The van der Waals surface area contributed by atoms with Crippen LogP contribution in [-0.4, -0.2) is 19.1 Å². The van der Waals surface area contributed by atoms with Crippen LogP contribution >= 0.6 is 11.8 Å². The van der Waals surface area contributed by atoms with E-state index < -0.39 is 0 Å². The fourth-order valence-electron chi connectivity index (χ4n) is 5.62. The number of hydrogen-bond donors (Lipinski definition) is 0. The molecule has 0 amide bonds. The Hall–Kier alpha value is -3.66. The van der Waals surface area contributed by atoms with Crippen molar-refractivity contribution < 1.29 is 21.1 Å². The van der Waals surface area contributed by atoms with Gasteiger partial charge in [-0.25, -0.2) is 0 Å². The second kappa shape index (κ2) is 13.5. The van der Waals surface area contributed by atoms with Gasteiger partial charge in [-0.1, -0.05) is 73.9 Å². The third kappa shape index (κ3) is 6.55. The zero-order chi connectivity index (χ0) is 30.1. The van der Waals surface area contributed by atoms with Crippen LogP contribution in [0.1, 0.15) is 61.8 Å². The summed E-state index contributed by atoms with van der Waals surface area (Å²) in [5.41, 5.74) is 11.3. The van der Waals surface area contributed by atoms with Gasteiger partial charge in [-0.05, 0) is 60.3 Å². The second-order valence-electron chi connectivity index (χ2n) is 11.6. The summed E-state index contributed by atoms with van der Waals surface area (Å²) < 4.78 is 4.29. The Labute approximate surface area is 279 Å². The van der Waals surface area contributed by atoms with Crippen molar-refractivity contribution in [1.82, 2.24) is 19.1 Å². The van der Waals surface area contributed by atoms with Crippen LogP contribution in [0.25, 0.3) is 33.9 Å². The molecule has 0 saturated heterocycles. The molecule has 0 aliphatic heterocycles. The predicted octanol–water partition coefficient (Wildman–Crippen LogP) is 10.0. The van der Waals surface area contributed by atoms with Gasteiger partial charge in [0.25, 0.3) is 0 Å². The third-order valence-electron chi connectivity index (χ3n) is 7.77. The molecule has 0 spiro atoms. The fourth-order valence-corrected chi connectivity index (χ4v) is 6.48. The van der Waals surface area contributed by atoms with E-state index in [4.69, 9.17) is 9.97 Å². The molecule has 0 atom stereocenters. The summed E-state index contributed by atoms with van der Waals surface area (Å²) in [5, 5.41) is 0. The van der Waals surface area contributed by atoms with Crippen LogP contribution in [0, 0.1) is 26.0 Å². The van der Waals surface area contributed by atoms with E-state index in [9.17, 15) is 0 Å². The van der Waals surface area contributed by atoms with Crippen LogP contribution in [0.3, 0.4) is 0 Å². The second-order valence-corrected chi connectivity index (χ2v) is 12.7. The molecular formula is C38H36N4PtS. The smallest absolute Gasteiger partial charge is 0.315 e. The van der Waals surface area contributed by atoms with Crippen molar-refractivity contribution in [2.24, 2.45) is 0 Å². The maximum Gasteiger partial charge on any atom is 2.00 e. The van der Waals surface area contributed by atoms with E-state index >= 15 is 0 Å². The van der Waals surface area contributed by atoms with Crippen molar-refractivity contribution >= 4 is 11.8 Å². The summed E-state index contributed by atoms with van der Waals surface area (Å²) in [6.07, 6.45) is 8.04. The van der Waals surface area contributed by atoms with Gasteiger partial charge in [-0.3, -0.25) is 9.97 Å². The minimum absolute atomic E-state index is 0. The summed E-state index contributed by atoms with van der Waals surface area (Å²) in [6, 6.07) is 32.6. The van der Waals surface area contributed by atoms with Crippen molar-refractivity contribution in [2.75, 3.05) is 0 Å². The molecule has 0 unspecified atom stereocenters. The average molecular weight is 776 g/mol. The molecule has 4 aromatic carbocycles. The first-order chi connectivity index (χ1) is 20.8. The molecule has 0 bridgehead atoms. The minimum atomic E-state index is 0. The fraction of sp³-hybridized carbons (Fsp3) is 0.211. The van der Waals surface area contributed by atoms with Crippen LogP contribution in [0.5, 0.6) is 0 Å². The van der Waals surface area contributed by atoms with Gasteiger partial charge in [0.2, 0.25) is 0 Å². The zero-order valence-electron chi connectivity index (χ0n) is 25.9. The Bertz CT molecular complexity index is 1850. The van der Waals surface area contributed by atoms with Crippen molar-refractivity contribution in [2.45, 2.75) is 63.2 Å². The molecule has 0 fully saturated rings. The summed E-state index contributed by atoms with van der Waals surface area (Å²) in [7, 11) is 0. The van der Waals surface area contributed by atoms with Crippen molar-refractivity contribution in [1.29, 1.82) is 0 Å². The van der Waals surface area contributed by atoms with Crippen molar-refractivity contribution in [3.63, 3.8) is 0 Å². The van der Waals surface area contributed by atoms with Crippen molar-refractivity contribution in [3.05, 3.63) is 132 Å². The van der Waals surface area contributed by atoms with Gasteiger partial charge < -0.3 is 9.13 Å². The number of nitrogens with zero attached hydrogens (tertiary/aromatic N) is 4. The largest absolute Gasteiger partial charge is 2.00 e. The Kier molecular flexibility index (Phi) is 9.77. The van der Waals surface area contributed by atoms with E-state index in [2.05, 4.69) is 148 Å². The van der Waals surface area contributed by atoms with Crippen LogP contribution in [0.4, 0.5) is 0 Å². The monoisotopic (exact) mass is 775 g/mol. The van der Waals surface area contributed by atoms with Gasteiger partial charge in [0, 0.05) is 11.4 Å². The number of imidazole rings is 2. The summed E-state index contributed by atoms with van der Waals surface area (Å²) in [4.78, 5) is 11.6. The Morgan fingerprint density at radius 1 is 0.591 bits per heavy atom. The van der Waals surface area contributed by atoms with Crippen molar-refractivity contribution in [3.8, 4) is 33.9 Å². The SMILES string of the molecule is Cc1cccc(C)c1-n1cnc(-c2[c-]c(Sc3[c-]c(-c4cn(-c5c(C(C)C)cccc5C(C)C)cn4)ccc3)ccc2)c1.[Pt+2]. The van der Waals surface area contributed by atoms with Crippen LogP contribution in [0.15, 0.2) is 108 Å². The van der Waals surface area contributed by atoms with E-state index in [0.717, 1.165) is 32.3 Å². The van der Waals surface area contributed by atoms with E-state index in [0.29, 0.717) is 11.8 Å². The van der Waals surface area contributed by atoms with Crippen LogP contribution in [0.2, 0.25) is 0 Å². The summed E-state index contributed by atoms with van der Waals surface area (Å²) >= 11 is 1.65. The van der Waals surface area contributed by atoms with Gasteiger partial charge in [0.05, 0.1) is 24.0 Å². The molecule has 224 valence electrons. The average Bonchev–Trinajstić information content (AvgIpc) is 3.68. The molecule has 0 aliphatic rings. The molecule has 6 heteroatoms. The molecule has 0 radical (unpaired) electrons. The first-order valence-corrected chi connectivity index (χ1v) is 15.6. The molecule has 4 nitrogen and oxygen atoms in total. The van der Waals surface area contributed by atoms with Gasteiger partial charge in [0.1, 0.15) is 0 Å².